The number of rotatable bonds is 5. The van der Waals surface area contributed by atoms with Crippen molar-refractivity contribution in [2.24, 2.45) is 0 Å². The highest BCUT2D eigenvalue weighted by Crippen LogP contribution is 2.43. The molecule has 0 N–H and O–H groups in total. The molecule has 0 saturated heterocycles. The van der Waals surface area contributed by atoms with Crippen LogP contribution in [0.3, 0.4) is 0 Å². The molecule has 0 spiro atoms. The Morgan fingerprint density at radius 1 is 0.431 bits per heavy atom. The Labute approximate surface area is 291 Å². The van der Waals surface area contributed by atoms with Gasteiger partial charge in [-0.05, 0) is 60.2 Å². The summed E-state index contributed by atoms with van der Waals surface area (Å²) in [4.78, 5) is 14.9. The highest BCUT2D eigenvalue weighted by Gasteiger charge is 2.21. The average Bonchev–Trinajstić information content (AvgIpc) is 3.74. The highest BCUT2D eigenvalue weighted by atomic mass is 19.1. The Morgan fingerprint density at radius 3 is 1.78 bits per heavy atom. The van der Waals surface area contributed by atoms with Crippen LogP contribution in [0.2, 0.25) is 0 Å². The van der Waals surface area contributed by atoms with E-state index in [4.69, 9.17) is 19.4 Å². The van der Waals surface area contributed by atoms with Crippen LogP contribution >= 0.6 is 0 Å². The second-order valence-corrected chi connectivity index (χ2v) is 12.6. The minimum Gasteiger partial charge on any atom is -0.456 e. The molecule has 0 amide bonds. The first-order valence-electron chi connectivity index (χ1n) is 16.8. The molecule has 0 unspecified atom stereocenters. The summed E-state index contributed by atoms with van der Waals surface area (Å²) in [7, 11) is 0. The summed E-state index contributed by atoms with van der Waals surface area (Å²) in [5.41, 5.74) is 8.82. The fraction of sp³-hybridized carbons (Fsp3) is 0. The summed E-state index contributed by atoms with van der Waals surface area (Å²) in [5, 5.41) is 4.37. The van der Waals surface area contributed by atoms with Crippen molar-refractivity contribution in [3.05, 3.63) is 170 Å². The van der Waals surface area contributed by atoms with E-state index in [2.05, 4.69) is 53.1 Å². The van der Waals surface area contributed by atoms with Gasteiger partial charge in [-0.1, -0.05) is 109 Å². The number of para-hydroxylation sites is 2. The fourth-order valence-corrected chi connectivity index (χ4v) is 7.23. The molecule has 6 heteroatoms. The largest absolute Gasteiger partial charge is 0.456 e. The number of nitrogens with zero attached hydrogens (tertiary/aromatic N) is 4. The molecule has 51 heavy (non-hydrogen) atoms. The Hall–Kier alpha value is -6.92. The second kappa shape index (κ2) is 11.6. The molecule has 0 bridgehead atoms. The molecule has 0 aliphatic rings. The second-order valence-electron chi connectivity index (χ2n) is 12.6. The van der Waals surface area contributed by atoms with Crippen molar-refractivity contribution in [2.45, 2.75) is 0 Å². The zero-order valence-electron chi connectivity index (χ0n) is 27.2. The first-order chi connectivity index (χ1) is 25.2. The van der Waals surface area contributed by atoms with Crippen LogP contribution in [0.15, 0.2) is 168 Å². The van der Waals surface area contributed by atoms with Gasteiger partial charge in [0.25, 0.3) is 0 Å². The lowest BCUT2D eigenvalue weighted by Gasteiger charge is -2.16. The van der Waals surface area contributed by atoms with Gasteiger partial charge in [-0.15, -0.1) is 0 Å². The molecule has 3 aromatic heterocycles. The molecule has 0 fully saturated rings. The number of aromatic nitrogens is 4. The molecule has 0 atom stereocenters. The molecule has 0 radical (unpaired) electrons. The first kappa shape index (κ1) is 29.0. The van der Waals surface area contributed by atoms with Gasteiger partial charge in [0.1, 0.15) is 17.0 Å². The molecule has 0 saturated carbocycles. The maximum atomic E-state index is 15.0. The van der Waals surface area contributed by atoms with E-state index in [1.165, 1.54) is 6.07 Å². The van der Waals surface area contributed by atoms with Crippen molar-refractivity contribution in [3.63, 3.8) is 0 Å². The Morgan fingerprint density at radius 2 is 1.06 bits per heavy atom. The summed E-state index contributed by atoms with van der Waals surface area (Å²) >= 11 is 0. The van der Waals surface area contributed by atoms with Crippen molar-refractivity contribution in [1.82, 2.24) is 19.5 Å². The molecular formula is C45H27FN4O. The summed E-state index contributed by atoms with van der Waals surface area (Å²) in [6.07, 6.45) is 0. The first-order valence-corrected chi connectivity index (χ1v) is 16.8. The van der Waals surface area contributed by atoms with Crippen molar-refractivity contribution in [3.8, 4) is 51.0 Å². The van der Waals surface area contributed by atoms with Crippen molar-refractivity contribution < 1.29 is 8.81 Å². The predicted octanol–water partition coefficient (Wildman–Crippen LogP) is 11.7. The lowest BCUT2D eigenvalue weighted by molar-refractivity contribution is 0.628. The van der Waals surface area contributed by atoms with Crippen molar-refractivity contribution in [1.29, 1.82) is 0 Å². The van der Waals surface area contributed by atoms with E-state index in [-0.39, 0.29) is 5.82 Å². The molecule has 7 aromatic carbocycles. The smallest absolute Gasteiger partial charge is 0.164 e. The van der Waals surface area contributed by atoms with E-state index in [1.54, 1.807) is 12.1 Å². The van der Waals surface area contributed by atoms with Crippen LogP contribution in [0, 0.1) is 5.82 Å². The van der Waals surface area contributed by atoms with Gasteiger partial charge < -0.3 is 8.98 Å². The third-order valence-electron chi connectivity index (χ3n) is 9.51. The van der Waals surface area contributed by atoms with E-state index in [0.29, 0.717) is 17.5 Å². The topological polar surface area (TPSA) is 56.7 Å². The number of halogens is 1. The summed E-state index contributed by atoms with van der Waals surface area (Å²) in [6, 6.07) is 53.5. The Balaban J connectivity index is 1.26. The van der Waals surface area contributed by atoms with Crippen LogP contribution in [0.25, 0.3) is 94.7 Å². The minimum absolute atomic E-state index is 0.310. The van der Waals surface area contributed by atoms with Gasteiger partial charge in [-0.3, -0.25) is 0 Å². The number of hydrogen-bond acceptors (Lipinski definition) is 4. The summed E-state index contributed by atoms with van der Waals surface area (Å²) < 4.78 is 23.6. The summed E-state index contributed by atoms with van der Waals surface area (Å²) in [5.74, 6) is 1.38. The van der Waals surface area contributed by atoms with Gasteiger partial charge >= 0.3 is 0 Å². The van der Waals surface area contributed by atoms with E-state index >= 15 is 0 Å². The molecule has 3 heterocycles. The lowest BCUT2D eigenvalue weighted by atomic mass is 9.99. The van der Waals surface area contributed by atoms with E-state index in [0.717, 1.165) is 77.2 Å². The average molecular weight is 659 g/mol. The lowest BCUT2D eigenvalue weighted by Crippen LogP contribution is -2.02. The molecule has 10 aromatic rings. The van der Waals surface area contributed by atoms with E-state index in [9.17, 15) is 4.39 Å². The van der Waals surface area contributed by atoms with Crippen LogP contribution in [0.5, 0.6) is 0 Å². The van der Waals surface area contributed by atoms with E-state index in [1.807, 2.05) is 97.1 Å². The Bertz CT molecular complexity index is 2870. The minimum atomic E-state index is -0.310. The van der Waals surface area contributed by atoms with Gasteiger partial charge in [0.15, 0.2) is 17.5 Å². The standard InChI is InChI=1S/C45H27FN4O/c46-32-17-11-16-30(26-32)35-27-31(45-48-43(28-12-3-1-4-13-28)47-44(49-45)29-14-5-2-6-15-29)22-23-37(35)50-36-20-9-7-18-33(36)41-38(50)24-25-40-42(41)34-19-8-10-21-39(34)51-40/h1-27H. The van der Waals surface area contributed by atoms with Crippen molar-refractivity contribution >= 4 is 43.7 Å². The molecule has 5 nitrogen and oxygen atoms in total. The number of benzene rings is 7. The number of fused-ring (bicyclic) bond motifs is 7. The zero-order chi connectivity index (χ0) is 33.9. The predicted molar refractivity (Wildman–Crippen MR) is 203 cm³/mol. The molecule has 240 valence electrons. The van der Waals surface area contributed by atoms with Gasteiger partial charge in [-0.2, -0.15) is 0 Å². The quantitative estimate of drug-likeness (QED) is 0.185. The van der Waals surface area contributed by atoms with E-state index < -0.39 is 0 Å². The third-order valence-corrected chi connectivity index (χ3v) is 9.51. The highest BCUT2D eigenvalue weighted by molar-refractivity contribution is 6.27. The zero-order valence-corrected chi connectivity index (χ0v) is 27.2. The third kappa shape index (κ3) is 4.80. The maximum Gasteiger partial charge on any atom is 0.164 e. The fourth-order valence-electron chi connectivity index (χ4n) is 7.23. The number of furan rings is 1. The summed E-state index contributed by atoms with van der Waals surface area (Å²) in [6.45, 7) is 0. The molecular weight excluding hydrogens is 632 g/mol. The van der Waals surface area contributed by atoms with Gasteiger partial charge in [0, 0.05) is 43.8 Å². The van der Waals surface area contributed by atoms with Crippen LogP contribution in [-0.2, 0) is 0 Å². The molecule has 0 aliphatic heterocycles. The SMILES string of the molecule is Fc1cccc(-c2cc(-c3nc(-c4ccccc4)nc(-c4ccccc4)n3)ccc2-n2c3ccccc3c3c4c(ccc32)oc2ccccc24)c1. The normalized spacial score (nSPS) is 11.6. The monoisotopic (exact) mass is 658 g/mol. The van der Waals surface area contributed by atoms with Crippen molar-refractivity contribution in [2.75, 3.05) is 0 Å². The number of hydrogen-bond donors (Lipinski definition) is 0. The van der Waals surface area contributed by atoms with Gasteiger partial charge in [0.2, 0.25) is 0 Å². The van der Waals surface area contributed by atoms with Crippen LogP contribution < -0.4 is 0 Å². The molecule has 0 aliphatic carbocycles. The Kier molecular flexibility index (Phi) is 6.61. The molecule has 10 rings (SSSR count). The maximum absolute atomic E-state index is 15.0. The van der Waals surface area contributed by atoms with Gasteiger partial charge in [-0.25, -0.2) is 19.3 Å². The van der Waals surface area contributed by atoms with Gasteiger partial charge in [0.05, 0.1) is 16.7 Å². The van der Waals surface area contributed by atoms with Crippen LogP contribution in [-0.4, -0.2) is 19.5 Å². The van der Waals surface area contributed by atoms with Crippen LogP contribution in [0.4, 0.5) is 4.39 Å². The van der Waals surface area contributed by atoms with Crippen LogP contribution in [0.1, 0.15) is 0 Å².